The van der Waals surface area contributed by atoms with Crippen molar-refractivity contribution in [2.75, 3.05) is 18.4 Å². The summed E-state index contributed by atoms with van der Waals surface area (Å²) in [6, 6.07) is 8.32. The van der Waals surface area contributed by atoms with Gasteiger partial charge in [0.1, 0.15) is 0 Å². The molecule has 0 bridgehead atoms. The molecule has 2 heterocycles. The summed E-state index contributed by atoms with van der Waals surface area (Å²) < 4.78 is 0. The molecule has 1 aromatic heterocycles. The first-order valence-corrected chi connectivity index (χ1v) is 5.73. The average Bonchev–Trinajstić information content (AvgIpc) is 2.26. The lowest BCUT2D eigenvalue weighted by molar-refractivity contribution is 0.472. The van der Waals surface area contributed by atoms with Gasteiger partial charge in [-0.3, -0.25) is 4.98 Å². The molecule has 16 heavy (non-hydrogen) atoms. The predicted octanol–water partition coefficient (Wildman–Crippen LogP) is 2.27. The van der Waals surface area contributed by atoms with E-state index in [9.17, 15) is 0 Å². The van der Waals surface area contributed by atoms with Crippen LogP contribution < -0.4 is 10.6 Å². The molecule has 0 atom stereocenters. The van der Waals surface area contributed by atoms with Crippen LogP contribution >= 0.6 is 11.6 Å². The first-order valence-electron chi connectivity index (χ1n) is 5.35. The Kier molecular flexibility index (Phi) is 2.42. The number of aromatic nitrogens is 1. The van der Waals surface area contributed by atoms with Gasteiger partial charge in [0, 0.05) is 24.7 Å². The minimum absolute atomic E-state index is 0.506. The van der Waals surface area contributed by atoms with Crippen LogP contribution in [0.15, 0.2) is 30.5 Å². The second-order valence-corrected chi connectivity index (χ2v) is 4.40. The number of nitrogens with one attached hydrogen (secondary N) is 2. The van der Waals surface area contributed by atoms with Gasteiger partial charge in [-0.1, -0.05) is 11.6 Å². The smallest absolute Gasteiger partial charge is 0.0948 e. The van der Waals surface area contributed by atoms with Gasteiger partial charge in [0.05, 0.1) is 22.3 Å². The standard InChI is InChI=1S/C12H12ClN3/c13-10-3-4-11(16-8-6-14-7-8)12-9(10)2-1-5-15-12/h1-5,8,14,16H,6-7H2. The maximum Gasteiger partial charge on any atom is 0.0948 e. The number of benzene rings is 1. The first kappa shape index (κ1) is 9.87. The zero-order valence-corrected chi connectivity index (χ0v) is 9.46. The van der Waals surface area contributed by atoms with Crippen LogP contribution in [0.3, 0.4) is 0 Å². The molecule has 0 unspecified atom stereocenters. The summed E-state index contributed by atoms with van der Waals surface area (Å²) in [5.74, 6) is 0. The van der Waals surface area contributed by atoms with Gasteiger partial charge in [0.2, 0.25) is 0 Å². The molecule has 1 aliphatic rings. The molecule has 0 saturated carbocycles. The van der Waals surface area contributed by atoms with Crippen molar-refractivity contribution in [1.29, 1.82) is 0 Å². The zero-order chi connectivity index (χ0) is 11.0. The topological polar surface area (TPSA) is 37.0 Å². The fourth-order valence-electron chi connectivity index (χ4n) is 1.86. The van der Waals surface area contributed by atoms with Crippen LogP contribution in [0.25, 0.3) is 10.9 Å². The number of fused-ring (bicyclic) bond motifs is 1. The highest BCUT2D eigenvalue weighted by molar-refractivity contribution is 6.35. The predicted molar refractivity (Wildman–Crippen MR) is 67.0 cm³/mol. The van der Waals surface area contributed by atoms with Gasteiger partial charge in [-0.15, -0.1) is 0 Å². The Morgan fingerprint density at radius 1 is 1.31 bits per heavy atom. The number of rotatable bonds is 2. The highest BCUT2D eigenvalue weighted by Gasteiger charge is 2.17. The number of hydrogen-bond acceptors (Lipinski definition) is 3. The lowest BCUT2D eigenvalue weighted by Gasteiger charge is -2.29. The molecule has 0 amide bonds. The van der Waals surface area contributed by atoms with Crippen molar-refractivity contribution < 1.29 is 0 Å². The molecule has 0 radical (unpaired) electrons. The number of halogens is 1. The molecule has 82 valence electrons. The maximum atomic E-state index is 6.13. The Morgan fingerprint density at radius 2 is 2.19 bits per heavy atom. The molecule has 0 spiro atoms. The third kappa shape index (κ3) is 1.62. The molecule has 1 saturated heterocycles. The Labute approximate surface area is 98.8 Å². The van der Waals surface area contributed by atoms with Gasteiger partial charge >= 0.3 is 0 Å². The third-order valence-corrected chi connectivity index (χ3v) is 3.19. The van der Waals surface area contributed by atoms with Crippen LogP contribution in [0.5, 0.6) is 0 Å². The van der Waals surface area contributed by atoms with E-state index in [1.807, 2.05) is 24.3 Å². The molecule has 1 aliphatic heterocycles. The van der Waals surface area contributed by atoms with Gasteiger partial charge in [-0.25, -0.2) is 0 Å². The molecule has 0 aliphatic carbocycles. The Bertz CT molecular complexity index is 523. The highest BCUT2D eigenvalue weighted by atomic mass is 35.5. The lowest BCUT2D eigenvalue weighted by atomic mass is 10.1. The quantitative estimate of drug-likeness (QED) is 0.836. The largest absolute Gasteiger partial charge is 0.378 e. The normalized spacial score (nSPS) is 16.1. The van der Waals surface area contributed by atoms with E-state index in [-0.39, 0.29) is 0 Å². The summed E-state index contributed by atoms with van der Waals surface area (Å²) in [5.41, 5.74) is 2.01. The number of nitrogens with zero attached hydrogens (tertiary/aromatic N) is 1. The second-order valence-electron chi connectivity index (χ2n) is 3.99. The summed E-state index contributed by atoms with van der Waals surface area (Å²) in [4.78, 5) is 4.39. The molecular formula is C12H12ClN3. The summed E-state index contributed by atoms with van der Waals surface area (Å²) in [7, 11) is 0. The summed E-state index contributed by atoms with van der Waals surface area (Å²) >= 11 is 6.13. The summed E-state index contributed by atoms with van der Waals surface area (Å²) in [5, 5.41) is 8.45. The minimum atomic E-state index is 0.506. The Morgan fingerprint density at radius 3 is 2.94 bits per heavy atom. The molecule has 2 aromatic rings. The van der Waals surface area contributed by atoms with E-state index in [1.165, 1.54) is 0 Å². The maximum absolute atomic E-state index is 6.13. The molecule has 4 heteroatoms. The highest BCUT2D eigenvalue weighted by Crippen LogP contribution is 2.28. The van der Waals surface area contributed by atoms with Crippen molar-refractivity contribution in [2.45, 2.75) is 6.04 Å². The minimum Gasteiger partial charge on any atom is -0.378 e. The molecule has 1 fully saturated rings. The van der Waals surface area contributed by atoms with Crippen LogP contribution in [0, 0.1) is 0 Å². The van der Waals surface area contributed by atoms with Crippen LogP contribution in [-0.2, 0) is 0 Å². The third-order valence-electron chi connectivity index (χ3n) is 2.86. The molecular weight excluding hydrogens is 222 g/mol. The van der Waals surface area contributed by atoms with Crippen molar-refractivity contribution >= 4 is 28.2 Å². The van der Waals surface area contributed by atoms with E-state index in [2.05, 4.69) is 15.6 Å². The van der Waals surface area contributed by atoms with Crippen LogP contribution in [0.1, 0.15) is 0 Å². The molecule has 1 aromatic carbocycles. The molecule has 3 nitrogen and oxygen atoms in total. The van der Waals surface area contributed by atoms with E-state index in [1.54, 1.807) is 6.20 Å². The first-order chi connectivity index (χ1) is 7.84. The molecule has 3 rings (SSSR count). The van der Waals surface area contributed by atoms with E-state index in [0.29, 0.717) is 6.04 Å². The summed E-state index contributed by atoms with van der Waals surface area (Å²) in [6.07, 6.45) is 1.79. The van der Waals surface area contributed by atoms with Crippen LogP contribution in [0.2, 0.25) is 5.02 Å². The fourth-order valence-corrected chi connectivity index (χ4v) is 2.08. The lowest BCUT2D eigenvalue weighted by Crippen LogP contribution is -2.51. The van der Waals surface area contributed by atoms with Gasteiger partial charge in [0.25, 0.3) is 0 Å². The van der Waals surface area contributed by atoms with Crippen molar-refractivity contribution in [3.8, 4) is 0 Å². The van der Waals surface area contributed by atoms with E-state index in [4.69, 9.17) is 11.6 Å². The molecule has 2 N–H and O–H groups in total. The van der Waals surface area contributed by atoms with Crippen molar-refractivity contribution in [2.24, 2.45) is 0 Å². The van der Waals surface area contributed by atoms with Gasteiger partial charge in [-0.2, -0.15) is 0 Å². The Hall–Kier alpha value is -1.32. The monoisotopic (exact) mass is 233 g/mol. The number of pyridine rings is 1. The van der Waals surface area contributed by atoms with E-state index >= 15 is 0 Å². The fraction of sp³-hybridized carbons (Fsp3) is 0.250. The number of anilines is 1. The van der Waals surface area contributed by atoms with Crippen molar-refractivity contribution in [1.82, 2.24) is 10.3 Å². The van der Waals surface area contributed by atoms with Crippen LogP contribution in [0.4, 0.5) is 5.69 Å². The van der Waals surface area contributed by atoms with E-state index < -0.39 is 0 Å². The Balaban J connectivity index is 2.06. The average molecular weight is 234 g/mol. The summed E-state index contributed by atoms with van der Waals surface area (Å²) in [6.45, 7) is 2.02. The number of hydrogen-bond donors (Lipinski definition) is 2. The van der Waals surface area contributed by atoms with Gasteiger partial charge in [-0.05, 0) is 24.3 Å². The van der Waals surface area contributed by atoms with Gasteiger partial charge in [0.15, 0.2) is 0 Å². The zero-order valence-electron chi connectivity index (χ0n) is 8.70. The SMILES string of the molecule is Clc1ccc(NC2CNC2)c2ncccc12. The van der Waals surface area contributed by atoms with Gasteiger partial charge < -0.3 is 10.6 Å². The van der Waals surface area contributed by atoms with Crippen molar-refractivity contribution in [3.63, 3.8) is 0 Å². The van der Waals surface area contributed by atoms with E-state index in [0.717, 1.165) is 34.7 Å². The van der Waals surface area contributed by atoms with Crippen molar-refractivity contribution in [3.05, 3.63) is 35.5 Å². The second kappa shape index (κ2) is 3.92. The van der Waals surface area contributed by atoms with Crippen LogP contribution in [-0.4, -0.2) is 24.1 Å².